The molecule has 0 N–H and O–H groups in total. The molecular weight excluding hydrogens is 331 g/mol. The van der Waals surface area contributed by atoms with E-state index in [2.05, 4.69) is 0 Å². The summed E-state index contributed by atoms with van der Waals surface area (Å²) < 4.78 is 40.6. The van der Waals surface area contributed by atoms with E-state index in [1.165, 1.54) is 24.0 Å². The van der Waals surface area contributed by atoms with Crippen molar-refractivity contribution in [3.63, 3.8) is 0 Å². The van der Waals surface area contributed by atoms with Crippen molar-refractivity contribution in [3.05, 3.63) is 65.5 Å². The third-order valence-corrected chi connectivity index (χ3v) is 5.95. The number of sulfonamides is 1. The monoisotopic (exact) mass is 348 g/mol. The molecule has 24 heavy (non-hydrogen) atoms. The summed E-state index contributed by atoms with van der Waals surface area (Å²) in [7, 11) is -2.36. The third-order valence-electron chi connectivity index (χ3n) is 4.16. The summed E-state index contributed by atoms with van der Waals surface area (Å²) in [5.74, 6) is -0.755. The highest BCUT2D eigenvalue weighted by atomic mass is 32.2. The van der Waals surface area contributed by atoms with E-state index in [0.717, 1.165) is 10.4 Å². The Labute approximate surface area is 140 Å². The first kappa shape index (κ1) is 16.6. The van der Waals surface area contributed by atoms with E-state index in [-0.39, 0.29) is 22.9 Å². The number of halogens is 1. The molecule has 1 aliphatic heterocycles. The smallest absolute Gasteiger partial charge is 0.245 e. The molecule has 0 radical (unpaired) electrons. The molecular formula is C17H17FN2O3S. The zero-order valence-corrected chi connectivity index (χ0v) is 14.1. The van der Waals surface area contributed by atoms with Gasteiger partial charge in [-0.15, -0.1) is 0 Å². The second-order valence-corrected chi connectivity index (χ2v) is 7.64. The van der Waals surface area contributed by atoms with Crippen LogP contribution in [0.2, 0.25) is 0 Å². The van der Waals surface area contributed by atoms with E-state index in [1.807, 2.05) is 6.07 Å². The van der Waals surface area contributed by atoms with Crippen LogP contribution in [-0.2, 0) is 14.8 Å². The van der Waals surface area contributed by atoms with Crippen LogP contribution in [0.4, 0.5) is 4.39 Å². The molecule has 126 valence electrons. The Morgan fingerprint density at radius 1 is 1.12 bits per heavy atom. The molecule has 5 nitrogen and oxygen atoms in total. The minimum absolute atomic E-state index is 0.0227. The Balaban J connectivity index is 2.08. The number of rotatable bonds is 3. The van der Waals surface area contributed by atoms with Gasteiger partial charge < -0.3 is 4.90 Å². The lowest BCUT2D eigenvalue weighted by Gasteiger charge is -2.27. The van der Waals surface area contributed by atoms with E-state index in [0.29, 0.717) is 5.56 Å². The van der Waals surface area contributed by atoms with Crippen LogP contribution < -0.4 is 0 Å². The van der Waals surface area contributed by atoms with Crippen molar-refractivity contribution in [2.45, 2.75) is 18.0 Å². The van der Waals surface area contributed by atoms with Gasteiger partial charge in [0.25, 0.3) is 0 Å². The minimum atomic E-state index is -3.94. The molecule has 0 spiro atoms. The molecule has 0 unspecified atom stereocenters. The lowest BCUT2D eigenvalue weighted by molar-refractivity contribution is -0.126. The summed E-state index contributed by atoms with van der Waals surface area (Å²) in [6.07, 6.45) is -0.714. The molecule has 1 atom stereocenters. The largest absolute Gasteiger partial charge is 0.324 e. The first-order chi connectivity index (χ1) is 11.3. The first-order valence-corrected chi connectivity index (χ1v) is 8.85. The summed E-state index contributed by atoms with van der Waals surface area (Å²) in [6, 6.07) is 12.6. The Bertz CT molecular complexity index is 884. The highest BCUT2D eigenvalue weighted by molar-refractivity contribution is 7.89. The average Bonchev–Trinajstić information content (AvgIpc) is 2.87. The van der Waals surface area contributed by atoms with Gasteiger partial charge in [0, 0.05) is 7.05 Å². The molecule has 0 bridgehead atoms. The fourth-order valence-corrected chi connectivity index (χ4v) is 4.45. The molecule has 1 fully saturated rings. The first-order valence-electron chi connectivity index (χ1n) is 7.41. The van der Waals surface area contributed by atoms with Crippen LogP contribution in [0, 0.1) is 12.7 Å². The number of likely N-dealkylation sites (N-methyl/N-ethyl adjacent to an activating group) is 1. The predicted molar refractivity (Wildman–Crippen MR) is 87.0 cm³/mol. The predicted octanol–water partition coefficient (Wildman–Crippen LogP) is 2.30. The molecule has 0 aromatic heterocycles. The van der Waals surface area contributed by atoms with Crippen LogP contribution >= 0.6 is 0 Å². The van der Waals surface area contributed by atoms with Gasteiger partial charge in [-0.25, -0.2) is 12.8 Å². The highest BCUT2D eigenvalue weighted by Gasteiger charge is 2.43. The van der Waals surface area contributed by atoms with Crippen LogP contribution in [0.1, 0.15) is 17.3 Å². The number of hydrogen-bond donors (Lipinski definition) is 0. The van der Waals surface area contributed by atoms with Crippen LogP contribution in [0.15, 0.2) is 53.4 Å². The van der Waals surface area contributed by atoms with Crippen molar-refractivity contribution < 1.29 is 17.6 Å². The minimum Gasteiger partial charge on any atom is -0.324 e. The maximum atomic E-state index is 13.5. The maximum Gasteiger partial charge on any atom is 0.245 e. The molecule has 0 saturated carbocycles. The molecule has 1 heterocycles. The van der Waals surface area contributed by atoms with E-state index < -0.39 is 22.0 Å². The standard InChI is InChI=1S/C17H17FN2O3S/c1-12-10-14(8-9-15(12)18)24(22,23)20-11-16(21)19(2)17(20)13-6-4-3-5-7-13/h3-10,17H,11H2,1-2H3/t17-/m0/s1. The van der Waals surface area contributed by atoms with Crippen LogP contribution in [-0.4, -0.2) is 37.1 Å². The number of carbonyl (C=O) groups is 1. The Morgan fingerprint density at radius 3 is 2.42 bits per heavy atom. The van der Waals surface area contributed by atoms with Crippen LogP contribution in [0.25, 0.3) is 0 Å². The lowest BCUT2D eigenvalue weighted by Crippen LogP contribution is -2.34. The van der Waals surface area contributed by atoms with E-state index in [1.54, 1.807) is 31.3 Å². The zero-order valence-electron chi connectivity index (χ0n) is 13.3. The normalized spacial score (nSPS) is 19.0. The van der Waals surface area contributed by atoms with Crippen LogP contribution in [0.5, 0.6) is 0 Å². The molecule has 2 aromatic carbocycles. The topological polar surface area (TPSA) is 57.7 Å². The Kier molecular flexibility index (Phi) is 4.15. The number of amides is 1. The fraction of sp³-hybridized carbons (Fsp3) is 0.235. The Morgan fingerprint density at radius 2 is 1.79 bits per heavy atom. The molecule has 1 amide bonds. The van der Waals surface area contributed by atoms with Gasteiger partial charge in [-0.05, 0) is 36.2 Å². The average molecular weight is 348 g/mol. The van der Waals surface area contributed by atoms with Crippen molar-refractivity contribution in [2.75, 3.05) is 13.6 Å². The van der Waals surface area contributed by atoms with Crippen molar-refractivity contribution in [1.29, 1.82) is 0 Å². The summed E-state index contributed by atoms with van der Waals surface area (Å²) >= 11 is 0. The van der Waals surface area contributed by atoms with Crippen molar-refractivity contribution in [3.8, 4) is 0 Å². The zero-order chi connectivity index (χ0) is 17.5. The summed E-state index contributed by atoms with van der Waals surface area (Å²) in [6.45, 7) is 1.26. The van der Waals surface area contributed by atoms with Crippen molar-refractivity contribution in [1.82, 2.24) is 9.21 Å². The SMILES string of the molecule is Cc1cc(S(=O)(=O)N2CC(=O)N(C)[C@@H]2c2ccccc2)ccc1F. The van der Waals surface area contributed by atoms with E-state index in [4.69, 9.17) is 0 Å². The second-order valence-electron chi connectivity index (χ2n) is 5.75. The number of carbonyl (C=O) groups excluding carboxylic acids is 1. The van der Waals surface area contributed by atoms with Gasteiger partial charge in [-0.1, -0.05) is 30.3 Å². The number of hydrogen-bond acceptors (Lipinski definition) is 3. The Hall–Kier alpha value is -2.25. The molecule has 3 rings (SSSR count). The number of nitrogens with zero attached hydrogens (tertiary/aromatic N) is 2. The van der Waals surface area contributed by atoms with E-state index in [9.17, 15) is 17.6 Å². The molecule has 0 aliphatic carbocycles. The fourth-order valence-electron chi connectivity index (χ4n) is 2.81. The highest BCUT2D eigenvalue weighted by Crippen LogP contribution is 2.34. The second kappa shape index (κ2) is 5.99. The van der Waals surface area contributed by atoms with Gasteiger partial charge in [0.2, 0.25) is 15.9 Å². The third kappa shape index (κ3) is 2.70. The number of benzene rings is 2. The van der Waals surface area contributed by atoms with Crippen LogP contribution in [0.3, 0.4) is 0 Å². The van der Waals surface area contributed by atoms with Gasteiger partial charge in [0.05, 0.1) is 11.4 Å². The molecule has 7 heteroatoms. The van der Waals surface area contributed by atoms with Crippen molar-refractivity contribution in [2.24, 2.45) is 0 Å². The van der Waals surface area contributed by atoms with E-state index >= 15 is 0 Å². The van der Waals surface area contributed by atoms with Gasteiger partial charge in [0.1, 0.15) is 12.0 Å². The molecule has 1 saturated heterocycles. The van der Waals surface area contributed by atoms with Crippen molar-refractivity contribution >= 4 is 15.9 Å². The maximum absolute atomic E-state index is 13.5. The van der Waals surface area contributed by atoms with Gasteiger partial charge in [-0.3, -0.25) is 4.79 Å². The van der Waals surface area contributed by atoms with Gasteiger partial charge in [0.15, 0.2) is 0 Å². The van der Waals surface area contributed by atoms with Gasteiger partial charge in [-0.2, -0.15) is 4.31 Å². The van der Waals surface area contributed by atoms with Gasteiger partial charge >= 0.3 is 0 Å². The summed E-state index contributed by atoms with van der Waals surface area (Å²) in [5, 5.41) is 0. The number of aryl methyl sites for hydroxylation is 1. The summed E-state index contributed by atoms with van der Waals surface area (Å²) in [4.78, 5) is 13.5. The molecule has 2 aromatic rings. The quantitative estimate of drug-likeness (QED) is 0.855. The summed E-state index contributed by atoms with van der Waals surface area (Å²) in [5.41, 5.74) is 0.944. The lowest BCUT2D eigenvalue weighted by atomic mass is 10.2. The molecule has 1 aliphatic rings.